The maximum absolute atomic E-state index is 12.1. The van der Waals surface area contributed by atoms with Crippen LogP contribution in [0.15, 0.2) is 24.3 Å². The quantitative estimate of drug-likeness (QED) is 0.759. The predicted octanol–water partition coefficient (Wildman–Crippen LogP) is 1.37. The number of rotatable bonds is 5. The van der Waals surface area contributed by atoms with Crippen molar-refractivity contribution in [2.45, 2.75) is 26.4 Å². The van der Waals surface area contributed by atoms with Gasteiger partial charge in [-0.2, -0.15) is 0 Å². The van der Waals surface area contributed by atoms with E-state index >= 15 is 0 Å². The van der Waals surface area contributed by atoms with Crippen molar-refractivity contribution in [3.05, 3.63) is 29.8 Å². The van der Waals surface area contributed by atoms with Crippen LogP contribution in [0.3, 0.4) is 0 Å². The van der Waals surface area contributed by atoms with Gasteiger partial charge in [-0.1, -0.05) is 18.2 Å². The molecule has 0 radical (unpaired) electrons. The van der Waals surface area contributed by atoms with Gasteiger partial charge in [-0.05, 0) is 32.4 Å². The van der Waals surface area contributed by atoms with Gasteiger partial charge in [0, 0.05) is 12.2 Å². The summed E-state index contributed by atoms with van der Waals surface area (Å²) in [6, 6.07) is 6.96. The van der Waals surface area contributed by atoms with Gasteiger partial charge >= 0.3 is 12.0 Å². The molecule has 0 aliphatic heterocycles. The number of carboxylic acid groups (broad SMARTS) is 1. The molecule has 1 aromatic carbocycles. The Kier molecular flexibility index (Phi) is 5.10. The van der Waals surface area contributed by atoms with Crippen molar-refractivity contribution in [2.24, 2.45) is 0 Å². The maximum Gasteiger partial charge on any atom is 0.337 e. The van der Waals surface area contributed by atoms with Crippen molar-refractivity contribution in [2.75, 3.05) is 18.0 Å². The number of carbonyl (C=O) groups is 2. The van der Waals surface area contributed by atoms with E-state index in [0.717, 1.165) is 18.2 Å². The fraction of sp³-hybridized carbons (Fsp3) is 0.429. The second-order valence-corrected chi connectivity index (χ2v) is 4.77. The van der Waals surface area contributed by atoms with E-state index in [0.29, 0.717) is 6.54 Å². The lowest BCUT2D eigenvalue weighted by Crippen LogP contribution is -2.50. The molecule has 1 aromatic rings. The molecule has 6 heteroatoms. The van der Waals surface area contributed by atoms with E-state index in [1.54, 1.807) is 0 Å². The standard InChI is InChI=1S/C14H20N2O4/c1-4-16(11-8-6-5-7-10(11)2)13(19)15-9-14(3,20)12(17)18/h5-8,20H,4,9H2,1-3H3,(H,15,19)(H,17,18). The molecule has 0 aromatic heterocycles. The lowest BCUT2D eigenvalue weighted by atomic mass is 10.1. The van der Waals surface area contributed by atoms with Crippen LogP contribution in [0.5, 0.6) is 0 Å². The Morgan fingerprint density at radius 3 is 2.45 bits per heavy atom. The van der Waals surface area contributed by atoms with Gasteiger partial charge in [0.15, 0.2) is 5.60 Å². The monoisotopic (exact) mass is 280 g/mol. The van der Waals surface area contributed by atoms with Crippen LogP contribution >= 0.6 is 0 Å². The molecule has 0 aliphatic rings. The number of urea groups is 1. The van der Waals surface area contributed by atoms with E-state index in [2.05, 4.69) is 5.32 Å². The normalized spacial score (nSPS) is 13.4. The molecule has 110 valence electrons. The van der Waals surface area contributed by atoms with Crippen LogP contribution < -0.4 is 10.2 Å². The average molecular weight is 280 g/mol. The van der Waals surface area contributed by atoms with E-state index in [1.807, 2.05) is 38.1 Å². The first kappa shape index (κ1) is 16.0. The summed E-state index contributed by atoms with van der Waals surface area (Å²) in [7, 11) is 0. The molecule has 0 saturated heterocycles. The van der Waals surface area contributed by atoms with E-state index < -0.39 is 17.6 Å². The molecule has 6 nitrogen and oxygen atoms in total. The molecule has 0 spiro atoms. The number of aryl methyl sites for hydroxylation is 1. The Morgan fingerprint density at radius 2 is 1.95 bits per heavy atom. The maximum atomic E-state index is 12.1. The Labute approximate surface area is 118 Å². The minimum absolute atomic E-state index is 0.358. The summed E-state index contributed by atoms with van der Waals surface area (Å²) < 4.78 is 0. The third-order valence-electron chi connectivity index (χ3n) is 3.01. The topological polar surface area (TPSA) is 89.9 Å². The van der Waals surface area contributed by atoms with Crippen molar-refractivity contribution in [1.29, 1.82) is 0 Å². The number of benzene rings is 1. The van der Waals surface area contributed by atoms with Gasteiger partial charge in [0.2, 0.25) is 0 Å². The van der Waals surface area contributed by atoms with Crippen LogP contribution in [0.2, 0.25) is 0 Å². The van der Waals surface area contributed by atoms with Gasteiger partial charge in [-0.25, -0.2) is 9.59 Å². The number of hydrogen-bond acceptors (Lipinski definition) is 3. The van der Waals surface area contributed by atoms with Crippen LogP contribution in [0.1, 0.15) is 19.4 Å². The zero-order valence-corrected chi connectivity index (χ0v) is 11.9. The molecule has 0 heterocycles. The van der Waals surface area contributed by atoms with Crippen LogP contribution in [0, 0.1) is 6.92 Å². The molecule has 0 fully saturated rings. The molecule has 0 aliphatic carbocycles. The number of anilines is 1. The number of carbonyl (C=O) groups excluding carboxylic acids is 1. The smallest absolute Gasteiger partial charge is 0.337 e. The zero-order valence-electron chi connectivity index (χ0n) is 11.9. The largest absolute Gasteiger partial charge is 0.479 e. The Bertz CT molecular complexity index is 500. The lowest BCUT2D eigenvalue weighted by molar-refractivity contribution is -0.155. The summed E-state index contributed by atoms with van der Waals surface area (Å²) >= 11 is 0. The summed E-state index contributed by atoms with van der Waals surface area (Å²) in [5.41, 5.74) is -0.294. The first-order chi connectivity index (χ1) is 9.29. The van der Waals surface area contributed by atoms with Crippen LogP contribution in [-0.2, 0) is 4.79 Å². The van der Waals surface area contributed by atoms with E-state index in [9.17, 15) is 14.7 Å². The third-order valence-corrected chi connectivity index (χ3v) is 3.01. The van der Waals surface area contributed by atoms with E-state index in [-0.39, 0.29) is 6.54 Å². The first-order valence-corrected chi connectivity index (χ1v) is 6.36. The molecular formula is C14H20N2O4. The second-order valence-electron chi connectivity index (χ2n) is 4.77. The molecule has 20 heavy (non-hydrogen) atoms. The molecule has 1 rings (SSSR count). The minimum atomic E-state index is -1.99. The zero-order chi connectivity index (χ0) is 15.3. The van der Waals surface area contributed by atoms with E-state index in [1.165, 1.54) is 4.90 Å². The van der Waals surface area contributed by atoms with Crippen molar-refractivity contribution in [3.8, 4) is 0 Å². The average Bonchev–Trinajstić information content (AvgIpc) is 2.39. The molecular weight excluding hydrogens is 260 g/mol. The fourth-order valence-electron chi connectivity index (χ4n) is 1.71. The number of nitrogens with zero attached hydrogens (tertiary/aromatic N) is 1. The van der Waals surface area contributed by atoms with Crippen molar-refractivity contribution in [1.82, 2.24) is 5.32 Å². The number of para-hydroxylation sites is 1. The lowest BCUT2D eigenvalue weighted by Gasteiger charge is -2.25. The van der Waals surface area contributed by atoms with Gasteiger partial charge in [0.1, 0.15) is 0 Å². The van der Waals surface area contributed by atoms with Crippen LogP contribution in [0.25, 0.3) is 0 Å². The van der Waals surface area contributed by atoms with Crippen LogP contribution in [0.4, 0.5) is 10.5 Å². The molecule has 0 saturated carbocycles. The molecule has 1 atom stereocenters. The highest BCUT2D eigenvalue weighted by Crippen LogP contribution is 2.19. The number of hydrogen-bond donors (Lipinski definition) is 3. The number of aliphatic carboxylic acids is 1. The predicted molar refractivity (Wildman–Crippen MR) is 75.9 cm³/mol. The highest BCUT2D eigenvalue weighted by atomic mass is 16.4. The van der Waals surface area contributed by atoms with Gasteiger partial charge < -0.3 is 15.5 Å². The summed E-state index contributed by atoms with van der Waals surface area (Å²) in [5, 5.41) is 20.8. The summed E-state index contributed by atoms with van der Waals surface area (Å²) in [5.74, 6) is -1.38. The summed E-state index contributed by atoms with van der Waals surface area (Å²) in [6.07, 6.45) is 0. The number of amides is 2. The SMILES string of the molecule is CCN(C(=O)NCC(C)(O)C(=O)O)c1ccccc1C. The second kappa shape index (κ2) is 6.38. The van der Waals surface area contributed by atoms with Crippen LogP contribution in [-0.4, -0.2) is 40.9 Å². The Morgan fingerprint density at radius 1 is 1.35 bits per heavy atom. The Hall–Kier alpha value is -2.08. The highest BCUT2D eigenvalue weighted by molar-refractivity contribution is 5.93. The minimum Gasteiger partial charge on any atom is -0.479 e. The number of nitrogens with one attached hydrogen (secondary N) is 1. The van der Waals surface area contributed by atoms with Gasteiger partial charge in [-0.3, -0.25) is 4.90 Å². The van der Waals surface area contributed by atoms with Crippen molar-refractivity contribution in [3.63, 3.8) is 0 Å². The molecule has 0 bridgehead atoms. The Balaban J connectivity index is 2.79. The van der Waals surface area contributed by atoms with Crippen molar-refractivity contribution < 1.29 is 19.8 Å². The van der Waals surface area contributed by atoms with E-state index in [4.69, 9.17) is 5.11 Å². The van der Waals surface area contributed by atoms with Gasteiger partial charge in [0.05, 0.1) is 6.54 Å². The molecule has 2 amide bonds. The highest BCUT2D eigenvalue weighted by Gasteiger charge is 2.31. The summed E-state index contributed by atoms with van der Waals surface area (Å²) in [6.45, 7) is 4.93. The summed E-state index contributed by atoms with van der Waals surface area (Å²) in [4.78, 5) is 24.4. The fourth-order valence-corrected chi connectivity index (χ4v) is 1.71. The molecule has 1 unspecified atom stereocenters. The number of carboxylic acids is 1. The number of aliphatic hydroxyl groups is 1. The molecule has 3 N–H and O–H groups in total. The third kappa shape index (κ3) is 3.71. The van der Waals surface area contributed by atoms with Gasteiger partial charge in [0.25, 0.3) is 0 Å². The first-order valence-electron chi connectivity index (χ1n) is 6.36. The van der Waals surface area contributed by atoms with Gasteiger partial charge in [-0.15, -0.1) is 0 Å². The van der Waals surface area contributed by atoms with Crippen molar-refractivity contribution >= 4 is 17.7 Å².